The van der Waals surface area contributed by atoms with E-state index < -0.39 is 0 Å². The third-order valence-corrected chi connectivity index (χ3v) is 2.99. The van der Waals surface area contributed by atoms with E-state index in [0.717, 1.165) is 30.8 Å². The Morgan fingerprint density at radius 1 is 1.21 bits per heavy atom. The fourth-order valence-electron chi connectivity index (χ4n) is 1.95. The molecule has 4 heteroatoms. The van der Waals surface area contributed by atoms with Gasteiger partial charge in [0, 0.05) is 18.9 Å². The van der Waals surface area contributed by atoms with Gasteiger partial charge in [0.05, 0.1) is 12.8 Å². The summed E-state index contributed by atoms with van der Waals surface area (Å²) in [6.45, 7) is 0.807. The van der Waals surface area contributed by atoms with Crippen molar-refractivity contribution >= 4 is 5.69 Å². The van der Waals surface area contributed by atoms with E-state index in [1.807, 2.05) is 24.3 Å². The number of anilines is 1. The second-order valence-corrected chi connectivity index (χ2v) is 4.35. The van der Waals surface area contributed by atoms with E-state index in [-0.39, 0.29) is 0 Å². The summed E-state index contributed by atoms with van der Waals surface area (Å²) >= 11 is 0. The molecule has 1 heterocycles. The van der Waals surface area contributed by atoms with Crippen LogP contribution in [-0.2, 0) is 6.42 Å². The molecule has 0 amide bonds. The van der Waals surface area contributed by atoms with Crippen LogP contribution in [0.5, 0.6) is 5.75 Å². The number of nitrogens with zero attached hydrogens (tertiary/aromatic N) is 2. The van der Waals surface area contributed by atoms with Gasteiger partial charge in [0.25, 0.3) is 0 Å². The summed E-state index contributed by atoms with van der Waals surface area (Å²) in [5.74, 6) is 6.90. The number of ether oxygens (including phenoxy) is 1. The molecular formula is C15H19N3O. The molecule has 0 saturated heterocycles. The lowest BCUT2D eigenvalue weighted by Crippen LogP contribution is -2.32. The number of benzene rings is 1. The first-order valence-electron chi connectivity index (χ1n) is 6.35. The van der Waals surface area contributed by atoms with Gasteiger partial charge in [-0.25, -0.2) is 5.84 Å². The van der Waals surface area contributed by atoms with Crippen molar-refractivity contribution in [1.29, 1.82) is 0 Å². The Bertz CT molecular complexity index is 502. The van der Waals surface area contributed by atoms with Crippen molar-refractivity contribution in [3.8, 4) is 5.75 Å². The molecule has 0 aliphatic carbocycles. The van der Waals surface area contributed by atoms with Gasteiger partial charge in [0.2, 0.25) is 0 Å². The number of aryl methyl sites for hydroxylation is 1. The fraction of sp³-hybridized carbons (Fsp3) is 0.267. The summed E-state index contributed by atoms with van der Waals surface area (Å²) in [6.07, 6.45) is 5.47. The molecule has 0 saturated carbocycles. The van der Waals surface area contributed by atoms with E-state index in [2.05, 4.69) is 17.1 Å². The van der Waals surface area contributed by atoms with Gasteiger partial charge in [-0.15, -0.1) is 0 Å². The monoisotopic (exact) mass is 257 g/mol. The molecule has 1 aromatic carbocycles. The maximum absolute atomic E-state index is 6.00. The SMILES string of the molecule is COc1cccc(CCCN(N)c2ccncc2)c1. The summed E-state index contributed by atoms with van der Waals surface area (Å²) in [4.78, 5) is 3.98. The Morgan fingerprint density at radius 2 is 2.00 bits per heavy atom. The maximum Gasteiger partial charge on any atom is 0.119 e. The second-order valence-electron chi connectivity index (χ2n) is 4.35. The number of rotatable bonds is 6. The molecular weight excluding hydrogens is 238 g/mol. The number of hydrazine groups is 1. The summed E-state index contributed by atoms with van der Waals surface area (Å²) in [6, 6.07) is 12.0. The highest BCUT2D eigenvalue weighted by atomic mass is 16.5. The molecule has 0 aliphatic heterocycles. The second kappa shape index (κ2) is 6.75. The van der Waals surface area contributed by atoms with E-state index >= 15 is 0 Å². The van der Waals surface area contributed by atoms with Gasteiger partial charge in [0.1, 0.15) is 5.75 Å². The van der Waals surface area contributed by atoms with Crippen LogP contribution >= 0.6 is 0 Å². The van der Waals surface area contributed by atoms with Crippen LogP contribution in [0.1, 0.15) is 12.0 Å². The number of hydrogen-bond acceptors (Lipinski definition) is 4. The smallest absolute Gasteiger partial charge is 0.119 e. The lowest BCUT2D eigenvalue weighted by Gasteiger charge is -2.18. The zero-order chi connectivity index (χ0) is 13.5. The highest BCUT2D eigenvalue weighted by molar-refractivity contribution is 5.42. The molecule has 1 aromatic heterocycles. The predicted octanol–water partition coefficient (Wildman–Crippen LogP) is 2.40. The summed E-state index contributed by atoms with van der Waals surface area (Å²) in [5.41, 5.74) is 2.25. The van der Waals surface area contributed by atoms with Crippen molar-refractivity contribution in [3.05, 3.63) is 54.4 Å². The number of hydrogen-bond donors (Lipinski definition) is 1. The molecule has 2 aromatic rings. The van der Waals surface area contributed by atoms with Crippen molar-refractivity contribution in [2.24, 2.45) is 5.84 Å². The van der Waals surface area contributed by atoms with Gasteiger partial charge in [0.15, 0.2) is 0 Å². The third-order valence-electron chi connectivity index (χ3n) is 2.99. The van der Waals surface area contributed by atoms with Crippen LogP contribution in [0, 0.1) is 0 Å². The van der Waals surface area contributed by atoms with E-state index in [9.17, 15) is 0 Å². The molecule has 2 N–H and O–H groups in total. The van der Waals surface area contributed by atoms with Crippen LogP contribution in [0.4, 0.5) is 5.69 Å². The molecule has 0 bridgehead atoms. The summed E-state index contributed by atoms with van der Waals surface area (Å²) < 4.78 is 5.21. The Balaban J connectivity index is 1.83. The van der Waals surface area contributed by atoms with Gasteiger partial charge in [-0.3, -0.25) is 4.98 Å². The number of methoxy groups -OCH3 is 1. The Labute approximate surface area is 113 Å². The lowest BCUT2D eigenvalue weighted by atomic mass is 10.1. The summed E-state index contributed by atoms with van der Waals surface area (Å²) in [5, 5.41) is 1.75. The molecule has 0 unspecified atom stereocenters. The first kappa shape index (κ1) is 13.4. The highest BCUT2D eigenvalue weighted by Gasteiger charge is 2.01. The molecule has 4 nitrogen and oxygen atoms in total. The van der Waals surface area contributed by atoms with Crippen molar-refractivity contribution in [2.75, 3.05) is 18.7 Å². The molecule has 19 heavy (non-hydrogen) atoms. The van der Waals surface area contributed by atoms with E-state index in [4.69, 9.17) is 10.6 Å². The molecule has 0 aliphatic rings. The van der Waals surface area contributed by atoms with Gasteiger partial charge < -0.3 is 9.75 Å². The molecule has 2 rings (SSSR count). The molecule has 0 atom stereocenters. The maximum atomic E-state index is 6.00. The van der Waals surface area contributed by atoms with Crippen LogP contribution in [0.2, 0.25) is 0 Å². The van der Waals surface area contributed by atoms with E-state index in [0.29, 0.717) is 0 Å². The number of pyridine rings is 1. The largest absolute Gasteiger partial charge is 0.497 e. The fourth-order valence-corrected chi connectivity index (χ4v) is 1.95. The Hall–Kier alpha value is -2.07. The zero-order valence-electron chi connectivity index (χ0n) is 11.1. The van der Waals surface area contributed by atoms with Crippen molar-refractivity contribution in [1.82, 2.24) is 4.98 Å². The molecule has 0 fully saturated rings. The summed E-state index contributed by atoms with van der Waals surface area (Å²) in [7, 11) is 1.68. The van der Waals surface area contributed by atoms with Crippen LogP contribution in [0.3, 0.4) is 0 Å². The van der Waals surface area contributed by atoms with Crippen molar-refractivity contribution in [3.63, 3.8) is 0 Å². The minimum atomic E-state index is 0.807. The average molecular weight is 257 g/mol. The standard InChI is InChI=1S/C15H19N3O/c1-19-15-6-2-4-13(12-15)5-3-11-18(16)14-7-9-17-10-8-14/h2,4,6-10,12H,3,5,11,16H2,1H3. The number of aromatic nitrogens is 1. The van der Waals surface area contributed by atoms with Crippen LogP contribution in [0.25, 0.3) is 0 Å². The predicted molar refractivity (Wildman–Crippen MR) is 77.1 cm³/mol. The quantitative estimate of drug-likeness (QED) is 0.638. The van der Waals surface area contributed by atoms with Crippen molar-refractivity contribution in [2.45, 2.75) is 12.8 Å². The highest BCUT2D eigenvalue weighted by Crippen LogP contribution is 2.14. The first-order valence-corrected chi connectivity index (χ1v) is 6.35. The Morgan fingerprint density at radius 3 is 2.74 bits per heavy atom. The van der Waals surface area contributed by atoms with Crippen LogP contribution in [0.15, 0.2) is 48.8 Å². The van der Waals surface area contributed by atoms with E-state index in [1.54, 1.807) is 24.5 Å². The first-order chi connectivity index (χ1) is 9.29. The van der Waals surface area contributed by atoms with E-state index in [1.165, 1.54) is 5.56 Å². The normalized spacial score (nSPS) is 10.2. The minimum absolute atomic E-state index is 0.807. The van der Waals surface area contributed by atoms with Gasteiger partial charge in [-0.1, -0.05) is 12.1 Å². The third kappa shape index (κ3) is 3.96. The molecule has 100 valence electrons. The lowest BCUT2D eigenvalue weighted by molar-refractivity contribution is 0.414. The topological polar surface area (TPSA) is 51.4 Å². The number of nitrogens with two attached hydrogens (primary N) is 1. The minimum Gasteiger partial charge on any atom is -0.497 e. The Kier molecular flexibility index (Phi) is 4.75. The van der Waals surface area contributed by atoms with Gasteiger partial charge in [-0.05, 0) is 42.7 Å². The van der Waals surface area contributed by atoms with Gasteiger partial charge in [-0.2, -0.15) is 0 Å². The van der Waals surface area contributed by atoms with Crippen LogP contribution < -0.4 is 15.6 Å². The van der Waals surface area contributed by atoms with Crippen LogP contribution in [-0.4, -0.2) is 18.6 Å². The molecule has 0 spiro atoms. The van der Waals surface area contributed by atoms with Crippen molar-refractivity contribution < 1.29 is 4.74 Å². The molecule has 0 radical (unpaired) electrons. The zero-order valence-corrected chi connectivity index (χ0v) is 11.1. The van der Waals surface area contributed by atoms with Gasteiger partial charge >= 0.3 is 0 Å². The average Bonchev–Trinajstić information content (AvgIpc) is 2.48.